The summed E-state index contributed by atoms with van der Waals surface area (Å²) >= 11 is 0. The van der Waals surface area contributed by atoms with E-state index >= 15 is 0 Å². The van der Waals surface area contributed by atoms with Gasteiger partial charge in [-0.05, 0) is 24.6 Å². The fourth-order valence-electron chi connectivity index (χ4n) is 2.81. The maximum atomic E-state index is 12.6. The number of fused-ring (bicyclic) bond motifs is 1. The fraction of sp³-hybridized carbons (Fsp3) is 0.294. The number of aromatic nitrogens is 4. The summed E-state index contributed by atoms with van der Waals surface area (Å²) in [7, 11) is 0. The largest absolute Gasteiger partial charge is 0.471 e. The Balaban J connectivity index is 1.52. The number of carbonyl (C=O) groups excluding carboxylic acids is 1. The second-order valence-electron chi connectivity index (χ2n) is 5.72. The van der Waals surface area contributed by atoms with Crippen molar-refractivity contribution in [2.75, 3.05) is 6.54 Å². The molecule has 128 valence electrons. The number of nitrogens with zero attached hydrogens (tertiary/aromatic N) is 5. The molecule has 0 aliphatic carbocycles. The molecule has 0 aromatic carbocycles. The minimum atomic E-state index is -0.128. The molecule has 0 unspecified atom stereocenters. The van der Waals surface area contributed by atoms with Gasteiger partial charge in [-0.15, -0.1) is 5.10 Å². The van der Waals surface area contributed by atoms with Crippen LogP contribution in [0.15, 0.2) is 47.2 Å². The third-order valence-corrected chi connectivity index (χ3v) is 4.07. The van der Waals surface area contributed by atoms with E-state index in [2.05, 4.69) is 15.3 Å². The van der Waals surface area contributed by atoms with Crippen molar-refractivity contribution in [3.05, 3.63) is 59.9 Å². The Morgan fingerprint density at radius 3 is 3.00 bits per heavy atom. The van der Waals surface area contributed by atoms with Crippen LogP contribution in [0.1, 0.15) is 28.4 Å². The van der Waals surface area contributed by atoms with Crippen LogP contribution in [-0.4, -0.2) is 37.3 Å². The van der Waals surface area contributed by atoms with Crippen molar-refractivity contribution in [1.82, 2.24) is 24.9 Å². The van der Waals surface area contributed by atoms with E-state index in [1.54, 1.807) is 29.3 Å². The molecule has 0 N–H and O–H groups in total. The number of hydrogen-bond acceptors (Lipinski definition) is 6. The number of hydrogen-bond donors (Lipinski definition) is 0. The number of furan rings is 1. The van der Waals surface area contributed by atoms with Gasteiger partial charge in [0.15, 0.2) is 5.76 Å². The van der Waals surface area contributed by atoms with Crippen molar-refractivity contribution in [2.45, 2.75) is 26.1 Å². The number of carbonyl (C=O) groups is 1. The molecule has 4 heterocycles. The standard InChI is InChI=1S/C17H17N5O3/c23-17(15-5-3-10-24-15)21-8-4-9-22-14(11-21)13(19-20-22)12-25-16-6-1-2-7-18-16/h1-3,5-7,10H,4,8-9,11-12H2. The van der Waals surface area contributed by atoms with Gasteiger partial charge in [0.2, 0.25) is 5.88 Å². The van der Waals surface area contributed by atoms with E-state index in [9.17, 15) is 4.79 Å². The van der Waals surface area contributed by atoms with Gasteiger partial charge in [0.1, 0.15) is 12.3 Å². The van der Waals surface area contributed by atoms with Crippen molar-refractivity contribution in [2.24, 2.45) is 0 Å². The highest BCUT2D eigenvalue weighted by atomic mass is 16.5. The Bertz CT molecular complexity index is 845. The Morgan fingerprint density at radius 1 is 1.24 bits per heavy atom. The predicted molar refractivity (Wildman–Crippen MR) is 86.7 cm³/mol. The first-order valence-electron chi connectivity index (χ1n) is 8.09. The average molecular weight is 339 g/mol. The minimum absolute atomic E-state index is 0.128. The summed E-state index contributed by atoms with van der Waals surface area (Å²) in [5.74, 6) is 0.741. The van der Waals surface area contributed by atoms with Crippen LogP contribution >= 0.6 is 0 Å². The predicted octanol–water partition coefficient (Wildman–Crippen LogP) is 1.89. The van der Waals surface area contributed by atoms with E-state index in [0.29, 0.717) is 37.0 Å². The van der Waals surface area contributed by atoms with Crippen molar-refractivity contribution < 1.29 is 13.9 Å². The summed E-state index contributed by atoms with van der Waals surface area (Å²) in [5.41, 5.74) is 1.60. The van der Waals surface area contributed by atoms with Gasteiger partial charge in [-0.2, -0.15) is 0 Å². The molecule has 0 bridgehead atoms. The van der Waals surface area contributed by atoms with Crippen LogP contribution in [0, 0.1) is 0 Å². The second-order valence-corrected chi connectivity index (χ2v) is 5.72. The van der Waals surface area contributed by atoms with E-state index in [1.807, 2.05) is 16.8 Å². The fourth-order valence-corrected chi connectivity index (χ4v) is 2.81. The summed E-state index contributed by atoms with van der Waals surface area (Å²) in [6, 6.07) is 8.86. The van der Waals surface area contributed by atoms with Gasteiger partial charge in [0, 0.05) is 25.4 Å². The van der Waals surface area contributed by atoms with Gasteiger partial charge >= 0.3 is 0 Å². The Morgan fingerprint density at radius 2 is 2.20 bits per heavy atom. The number of pyridine rings is 1. The summed E-state index contributed by atoms with van der Waals surface area (Å²) < 4.78 is 12.7. The lowest BCUT2D eigenvalue weighted by atomic mass is 10.3. The molecule has 3 aromatic rings. The number of rotatable bonds is 4. The van der Waals surface area contributed by atoms with Gasteiger partial charge < -0.3 is 14.1 Å². The molecular formula is C17H17N5O3. The molecule has 0 saturated carbocycles. The molecule has 3 aromatic heterocycles. The van der Waals surface area contributed by atoms with E-state index in [4.69, 9.17) is 9.15 Å². The molecule has 0 saturated heterocycles. The molecule has 25 heavy (non-hydrogen) atoms. The lowest BCUT2D eigenvalue weighted by molar-refractivity contribution is 0.0712. The summed E-state index contributed by atoms with van der Waals surface area (Å²) in [6.45, 7) is 2.04. The van der Waals surface area contributed by atoms with Gasteiger partial charge in [0.05, 0.1) is 18.5 Å². The number of ether oxygens (including phenoxy) is 1. The van der Waals surface area contributed by atoms with Crippen LogP contribution in [-0.2, 0) is 19.7 Å². The SMILES string of the molecule is O=C(c1ccco1)N1CCCn2nnc(COc3ccccn3)c2C1. The first-order chi connectivity index (χ1) is 12.3. The lowest BCUT2D eigenvalue weighted by Crippen LogP contribution is -2.30. The van der Waals surface area contributed by atoms with Crippen LogP contribution in [0.2, 0.25) is 0 Å². The van der Waals surface area contributed by atoms with Crippen LogP contribution in [0.5, 0.6) is 5.88 Å². The molecule has 1 aliphatic heterocycles. The summed E-state index contributed by atoms with van der Waals surface area (Å²) in [4.78, 5) is 18.5. The van der Waals surface area contributed by atoms with Crippen LogP contribution in [0.25, 0.3) is 0 Å². The highest BCUT2D eigenvalue weighted by molar-refractivity contribution is 5.91. The number of amides is 1. The first kappa shape index (κ1) is 15.4. The number of aryl methyl sites for hydroxylation is 1. The van der Waals surface area contributed by atoms with Crippen molar-refractivity contribution >= 4 is 5.91 Å². The summed E-state index contributed by atoms with van der Waals surface area (Å²) in [5, 5.41) is 8.40. The lowest BCUT2D eigenvalue weighted by Gasteiger charge is -2.19. The topological polar surface area (TPSA) is 86.3 Å². The van der Waals surface area contributed by atoms with Gasteiger partial charge in [0.25, 0.3) is 5.91 Å². The normalized spacial score (nSPS) is 14.0. The molecule has 0 spiro atoms. The van der Waals surface area contributed by atoms with Crippen molar-refractivity contribution in [3.63, 3.8) is 0 Å². The van der Waals surface area contributed by atoms with Gasteiger partial charge in [-0.25, -0.2) is 9.67 Å². The maximum absolute atomic E-state index is 12.6. The molecule has 0 fully saturated rings. The third-order valence-electron chi connectivity index (χ3n) is 4.07. The van der Waals surface area contributed by atoms with Gasteiger partial charge in [-0.3, -0.25) is 4.79 Å². The van der Waals surface area contributed by atoms with Crippen LogP contribution in [0.4, 0.5) is 0 Å². The zero-order valence-electron chi connectivity index (χ0n) is 13.5. The monoisotopic (exact) mass is 339 g/mol. The van der Waals surface area contributed by atoms with E-state index in [0.717, 1.165) is 12.1 Å². The zero-order chi connectivity index (χ0) is 17.1. The van der Waals surface area contributed by atoms with Crippen molar-refractivity contribution in [3.8, 4) is 5.88 Å². The maximum Gasteiger partial charge on any atom is 0.289 e. The molecule has 1 aliphatic rings. The van der Waals surface area contributed by atoms with E-state index in [-0.39, 0.29) is 12.5 Å². The Labute approximate surface area is 144 Å². The molecule has 8 nitrogen and oxygen atoms in total. The van der Waals surface area contributed by atoms with E-state index in [1.165, 1.54) is 6.26 Å². The minimum Gasteiger partial charge on any atom is -0.471 e. The van der Waals surface area contributed by atoms with Crippen LogP contribution < -0.4 is 4.74 Å². The second kappa shape index (κ2) is 6.76. The molecule has 0 radical (unpaired) electrons. The molecule has 1 amide bonds. The quantitative estimate of drug-likeness (QED) is 0.721. The molecule has 4 rings (SSSR count). The van der Waals surface area contributed by atoms with Crippen molar-refractivity contribution in [1.29, 1.82) is 0 Å². The Hall–Kier alpha value is -3.16. The van der Waals surface area contributed by atoms with Gasteiger partial charge in [-0.1, -0.05) is 11.3 Å². The highest BCUT2D eigenvalue weighted by Crippen LogP contribution is 2.18. The highest BCUT2D eigenvalue weighted by Gasteiger charge is 2.25. The summed E-state index contributed by atoms with van der Waals surface area (Å²) in [6.07, 6.45) is 3.98. The first-order valence-corrected chi connectivity index (χ1v) is 8.09. The Kier molecular flexibility index (Phi) is 4.16. The molecule has 8 heteroatoms. The van der Waals surface area contributed by atoms with Crippen LogP contribution in [0.3, 0.4) is 0 Å². The average Bonchev–Trinajstić information content (AvgIpc) is 3.26. The van der Waals surface area contributed by atoms with E-state index < -0.39 is 0 Å². The smallest absolute Gasteiger partial charge is 0.289 e. The zero-order valence-corrected chi connectivity index (χ0v) is 13.5. The molecule has 0 atom stereocenters. The molecular weight excluding hydrogens is 322 g/mol. The third kappa shape index (κ3) is 3.23.